The Labute approximate surface area is 125 Å². The van der Waals surface area contributed by atoms with Crippen LogP contribution in [-0.2, 0) is 5.41 Å². The second-order valence-electron chi connectivity index (χ2n) is 5.89. The van der Waals surface area contributed by atoms with Gasteiger partial charge >= 0.3 is 0 Å². The zero-order valence-corrected chi connectivity index (χ0v) is 12.7. The monoisotopic (exact) mass is 289 g/mol. The van der Waals surface area contributed by atoms with E-state index in [1.807, 2.05) is 25.5 Å². The first-order valence-electron chi connectivity index (χ1n) is 7.10. The van der Waals surface area contributed by atoms with Crippen LogP contribution in [0.15, 0.2) is 30.7 Å². The van der Waals surface area contributed by atoms with Crippen LogP contribution >= 0.6 is 11.6 Å². The minimum atomic E-state index is 0.180. The van der Waals surface area contributed by atoms with Gasteiger partial charge in [-0.1, -0.05) is 24.6 Å². The molecule has 1 saturated heterocycles. The minimum Gasteiger partial charge on any atom is -0.317 e. The maximum absolute atomic E-state index is 6.26. The minimum absolute atomic E-state index is 0.180. The van der Waals surface area contributed by atoms with Gasteiger partial charge < -0.3 is 9.88 Å². The van der Waals surface area contributed by atoms with Gasteiger partial charge in [0.2, 0.25) is 0 Å². The lowest BCUT2D eigenvalue weighted by Crippen LogP contribution is -2.38. The van der Waals surface area contributed by atoms with Gasteiger partial charge in [0.05, 0.1) is 6.33 Å². The molecule has 1 fully saturated rings. The van der Waals surface area contributed by atoms with Gasteiger partial charge in [-0.3, -0.25) is 0 Å². The highest BCUT2D eigenvalue weighted by molar-refractivity contribution is 6.31. The number of nitrogens with zero attached hydrogens (tertiary/aromatic N) is 2. The number of piperidine rings is 1. The van der Waals surface area contributed by atoms with E-state index in [0.717, 1.165) is 42.2 Å². The molecule has 4 heteroatoms. The molecule has 1 aromatic carbocycles. The molecule has 0 amide bonds. The fraction of sp³-hybridized carbons (Fsp3) is 0.438. The molecule has 1 aliphatic rings. The van der Waals surface area contributed by atoms with E-state index in [9.17, 15) is 0 Å². The van der Waals surface area contributed by atoms with Gasteiger partial charge in [0.1, 0.15) is 0 Å². The third-order valence-corrected chi connectivity index (χ3v) is 4.80. The first-order valence-corrected chi connectivity index (χ1v) is 7.48. The maximum atomic E-state index is 6.26. The lowest BCUT2D eigenvalue weighted by atomic mass is 9.78. The van der Waals surface area contributed by atoms with Gasteiger partial charge in [-0.05, 0) is 50.6 Å². The second kappa shape index (κ2) is 5.23. The molecule has 0 unspecified atom stereocenters. The van der Waals surface area contributed by atoms with Crippen LogP contribution in [-0.4, -0.2) is 22.6 Å². The highest BCUT2D eigenvalue weighted by Gasteiger charge is 2.31. The number of hydrogen-bond acceptors (Lipinski definition) is 2. The van der Waals surface area contributed by atoms with Crippen LogP contribution in [0.25, 0.3) is 5.69 Å². The first-order chi connectivity index (χ1) is 9.60. The van der Waals surface area contributed by atoms with E-state index < -0.39 is 0 Å². The second-order valence-corrected chi connectivity index (χ2v) is 6.30. The van der Waals surface area contributed by atoms with Crippen molar-refractivity contribution < 1.29 is 0 Å². The topological polar surface area (TPSA) is 29.9 Å². The smallest absolute Gasteiger partial charge is 0.0994 e. The normalized spacial score (nSPS) is 18.1. The first kappa shape index (κ1) is 13.7. The molecule has 0 bridgehead atoms. The highest BCUT2D eigenvalue weighted by atomic mass is 35.5. The Morgan fingerprint density at radius 3 is 2.75 bits per heavy atom. The van der Waals surface area contributed by atoms with Crippen molar-refractivity contribution in [3.05, 3.63) is 47.0 Å². The van der Waals surface area contributed by atoms with Crippen LogP contribution in [0, 0.1) is 6.92 Å². The summed E-state index contributed by atoms with van der Waals surface area (Å²) in [4.78, 5) is 4.37. The summed E-state index contributed by atoms with van der Waals surface area (Å²) in [6.45, 7) is 6.48. The number of rotatable bonds is 2. The maximum Gasteiger partial charge on any atom is 0.0994 e. The van der Waals surface area contributed by atoms with Crippen molar-refractivity contribution >= 4 is 11.6 Å². The van der Waals surface area contributed by atoms with E-state index in [1.54, 1.807) is 0 Å². The Hall–Kier alpha value is -1.32. The van der Waals surface area contributed by atoms with Gasteiger partial charge in [-0.15, -0.1) is 0 Å². The van der Waals surface area contributed by atoms with Gasteiger partial charge in [0.25, 0.3) is 0 Å². The molecule has 106 valence electrons. The van der Waals surface area contributed by atoms with Crippen LogP contribution in [0.3, 0.4) is 0 Å². The summed E-state index contributed by atoms with van der Waals surface area (Å²) in [5, 5.41) is 4.23. The number of aryl methyl sites for hydroxylation is 1. The summed E-state index contributed by atoms with van der Waals surface area (Å²) in [6.07, 6.45) is 6.17. The van der Waals surface area contributed by atoms with Crippen molar-refractivity contribution in [2.45, 2.75) is 32.1 Å². The third kappa shape index (κ3) is 2.36. The summed E-state index contributed by atoms with van der Waals surface area (Å²) in [5.41, 5.74) is 3.65. The Bertz CT molecular complexity index is 612. The number of hydrogen-bond donors (Lipinski definition) is 1. The fourth-order valence-electron chi connectivity index (χ4n) is 2.91. The predicted octanol–water partition coefficient (Wildman–Crippen LogP) is 3.48. The molecule has 0 radical (unpaired) electrons. The molecule has 20 heavy (non-hydrogen) atoms. The Kier molecular flexibility index (Phi) is 3.57. The summed E-state index contributed by atoms with van der Waals surface area (Å²) in [6, 6.07) is 6.19. The van der Waals surface area contributed by atoms with Crippen LogP contribution in [0.4, 0.5) is 0 Å². The summed E-state index contributed by atoms with van der Waals surface area (Å²) < 4.78 is 2.18. The molecular weight excluding hydrogens is 270 g/mol. The summed E-state index contributed by atoms with van der Waals surface area (Å²) in [5.74, 6) is 0. The van der Waals surface area contributed by atoms with E-state index >= 15 is 0 Å². The van der Waals surface area contributed by atoms with Crippen molar-refractivity contribution in [3.8, 4) is 5.69 Å². The van der Waals surface area contributed by atoms with Crippen LogP contribution in [0.1, 0.15) is 31.0 Å². The Morgan fingerprint density at radius 2 is 2.05 bits per heavy atom. The summed E-state index contributed by atoms with van der Waals surface area (Å²) in [7, 11) is 0. The average molecular weight is 290 g/mol. The molecule has 3 nitrogen and oxygen atoms in total. The Balaban J connectivity index is 2.03. The zero-order chi connectivity index (χ0) is 14.2. The van der Waals surface area contributed by atoms with Crippen LogP contribution in [0.5, 0.6) is 0 Å². The molecule has 1 aromatic heterocycles. The van der Waals surface area contributed by atoms with E-state index in [4.69, 9.17) is 11.6 Å². The number of halogens is 1. The van der Waals surface area contributed by atoms with Crippen molar-refractivity contribution in [2.24, 2.45) is 0 Å². The number of aromatic nitrogens is 2. The predicted molar refractivity (Wildman–Crippen MR) is 82.8 cm³/mol. The van der Waals surface area contributed by atoms with Gasteiger partial charge in [0.15, 0.2) is 0 Å². The van der Waals surface area contributed by atoms with E-state index in [-0.39, 0.29) is 5.41 Å². The molecule has 2 aromatic rings. The van der Waals surface area contributed by atoms with Crippen molar-refractivity contribution in [3.63, 3.8) is 0 Å². The largest absolute Gasteiger partial charge is 0.317 e. The third-order valence-electron chi connectivity index (χ3n) is 4.40. The molecule has 0 atom stereocenters. The van der Waals surface area contributed by atoms with Crippen molar-refractivity contribution in [2.75, 3.05) is 13.1 Å². The fourth-order valence-corrected chi connectivity index (χ4v) is 3.09. The van der Waals surface area contributed by atoms with Gasteiger partial charge in [-0.2, -0.15) is 0 Å². The standard InChI is InChI=1S/C16H20ClN3/c1-12-3-4-13(9-14(12)17)20-11-19-10-15(20)16(2)5-7-18-8-6-16/h3-4,9-11,18H,5-8H2,1-2H3. The molecule has 0 saturated carbocycles. The lowest BCUT2D eigenvalue weighted by Gasteiger charge is -2.34. The number of nitrogens with one attached hydrogen (secondary N) is 1. The number of benzene rings is 1. The molecule has 2 heterocycles. The Morgan fingerprint density at radius 1 is 1.30 bits per heavy atom. The SMILES string of the molecule is Cc1ccc(-n2cncc2C2(C)CCNCC2)cc1Cl. The van der Waals surface area contributed by atoms with E-state index in [0.29, 0.717) is 0 Å². The van der Waals surface area contributed by atoms with Gasteiger partial charge in [-0.25, -0.2) is 4.98 Å². The molecule has 1 N–H and O–H groups in total. The van der Waals surface area contributed by atoms with Crippen LogP contribution < -0.4 is 5.32 Å². The summed E-state index contributed by atoms with van der Waals surface area (Å²) >= 11 is 6.26. The lowest BCUT2D eigenvalue weighted by molar-refractivity contribution is 0.324. The molecule has 1 aliphatic heterocycles. The highest BCUT2D eigenvalue weighted by Crippen LogP contribution is 2.34. The van der Waals surface area contributed by atoms with E-state index in [1.165, 1.54) is 5.69 Å². The molecular formula is C16H20ClN3. The van der Waals surface area contributed by atoms with Crippen LogP contribution in [0.2, 0.25) is 5.02 Å². The molecule has 0 spiro atoms. The average Bonchev–Trinajstić information content (AvgIpc) is 2.93. The molecule has 3 rings (SSSR count). The molecule has 0 aliphatic carbocycles. The quantitative estimate of drug-likeness (QED) is 0.917. The van der Waals surface area contributed by atoms with Gasteiger partial charge in [0, 0.05) is 28.0 Å². The van der Waals surface area contributed by atoms with E-state index in [2.05, 4.69) is 33.9 Å². The number of imidazole rings is 1. The van der Waals surface area contributed by atoms with Crippen molar-refractivity contribution in [1.29, 1.82) is 0 Å². The van der Waals surface area contributed by atoms with Crippen molar-refractivity contribution in [1.82, 2.24) is 14.9 Å². The zero-order valence-electron chi connectivity index (χ0n) is 12.0.